The van der Waals surface area contributed by atoms with E-state index in [1.165, 1.54) is 0 Å². The summed E-state index contributed by atoms with van der Waals surface area (Å²) in [4.78, 5) is 3.94. The Kier molecular flexibility index (Phi) is 2.41. The van der Waals surface area contributed by atoms with Crippen LogP contribution in [0.3, 0.4) is 0 Å². The Morgan fingerprint density at radius 3 is 2.60 bits per heavy atom. The summed E-state index contributed by atoms with van der Waals surface area (Å²) in [5, 5.41) is 0. The Morgan fingerprint density at radius 2 is 2.07 bits per heavy atom. The van der Waals surface area contributed by atoms with E-state index in [0.717, 1.165) is 12.8 Å². The quantitative estimate of drug-likeness (QED) is 0.746. The molecule has 1 aromatic heterocycles. The second-order valence-electron chi connectivity index (χ2n) is 5.04. The zero-order valence-corrected chi connectivity index (χ0v) is 9.38. The molecule has 2 rings (SSSR count). The van der Waals surface area contributed by atoms with E-state index in [2.05, 4.69) is 4.98 Å². The maximum atomic E-state index is 14.0. The molecule has 0 spiro atoms. The smallest absolute Gasteiger partial charge is 0.250 e. The molecule has 0 N–H and O–H groups in total. The molecule has 0 atom stereocenters. The minimum absolute atomic E-state index is 0.157. The number of ether oxygens (including phenoxy) is 1. The van der Waals surface area contributed by atoms with Crippen molar-refractivity contribution in [3.8, 4) is 5.88 Å². The first-order chi connectivity index (χ1) is 6.98. The second-order valence-corrected chi connectivity index (χ2v) is 5.04. The molecular weight excluding hydrogens is 193 g/mol. The van der Waals surface area contributed by atoms with Gasteiger partial charge in [0.25, 0.3) is 5.88 Å². The van der Waals surface area contributed by atoms with Crippen LogP contribution in [0, 0.1) is 5.82 Å². The summed E-state index contributed by atoms with van der Waals surface area (Å²) in [7, 11) is 0. The first kappa shape index (κ1) is 10.4. The van der Waals surface area contributed by atoms with Crippen LogP contribution in [0.4, 0.5) is 4.39 Å². The van der Waals surface area contributed by atoms with Crippen LogP contribution in [-0.4, -0.2) is 11.1 Å². The standard InChI is InChI=1S/C12H16FNO/c1-12(2,3)9-6-7-14-11(10(9)13)15-8-4-5-8/h6-8H,4-5H2,1-3H3. The van der Waals surface area contributed by atoms with Crippen molar-refractivity contribution in [2.45, 2.75) is 45.1 Å². The highest BCUT2D eigenvalue weighted by Gasteiger charge is 2.28. The lowest BCUT2D eigenvalue weighted by Gasteiger charge is -2.20. The van der Waals surface area contributed by atoms with Gasteiger partial charge >= 0.3 is 0 Å². The van der Waals surface area contributed by atoms with Gasteiger partial charge in [0, 0.05) is 11.8 Å². The lowest BCUT2D eigenvalue weighted by atomic mass is 9.87. The summed E-state index contributed by atoms with van der Waals surface area (Å²) < 4.78 is 19.4. The van der Waals surface area contributed by atoms with Crippen molar-refractivity contribution >= 4 is 0 Å². The number of nitrogens with zero attached hydrogens (tertiary/aromatic N) is 1. The monoisotopic (exact) mass is 209 g/mol. The fraction of sp³-hybridized carbons (Fsp3) is 0.583. The minimum atomic E-state index is -0.308. The Morgan fingerprint density at radius 1 is 1.40 bits per heavy atom. The molecule has 0 bridgehead atoms. The Labute approximate surface area is 89.5 Å². The van der Waals surface area contributed by atoms with E-state index in [-0.39, 0.29) is 23.2 Å². The van der Waals surface area contributed by atoms with Crippen LogP contribution in [0.5, 0.6) is 5.88 Å². The lowest BCUT2D eigenvalue weighted by Crippen LogP contribution is -2.15. The third-order valence-electron chi connectivity index (χ3n) is 2.47. The maximum Gasteiger partial charge on any atom is 0.250 e. The van der Waals surface area contributed by atoms with Crippen LogP contribution in [0.15, 0.2) is 12.3 Å². The molecule has 0 amide bonds. The number of aromatic nitrogens is 1. The Bertz CT molecular complexity index is 366. The van der Waals surface area contributed by atoms with Crippen LogP contribution in [0.2, 0.25) is 0 Å². The van der Waals surface area contributed by atoms with Crippen LogP contribution in [0.25, 0.3) is 0 Å². The highest BCUT2D eigenvalue weighted by Crippen LogP contribution is 2.32. The van der Waals surface area contributed by atoms with Crippen molar-refractivity contribution in [1.29, 1.82) is 0 Å². The molecule has 0 aliphatic heterocycles. The molecule has 1 aliphatic carbocycles. The summed E-state index contributed by atoms with van der Waals surface area (Å²) >= 11 is 0. The van der Waals surface area contributed by atoms with Gasteiger partial charge in [0.05, 0.1) is 0 Å². The number of hydrogen-bond acceptors (Lipinski definition) is 2. The third-order valence-corrected chi connectivity index (χ3v) is 2.47. The fourth-order valence-electron chi connectivity index (χ4n) is 1.43. The van der Waals surface area contributed by atoms with E-state index in [1.54, 1.807) is 12.3 Å². The van der Waals surface area contributed by atoms with Crippen molar-refractivity contribution in [1.82, 2.24) is 4.98 Å². The van der Waals surface area contributed by atoms with E-state index >= 15 is 0 Å². The molecule has 1 heterocycles. The predicted octanol–water partition coefficient (Wildman–Crippen LogP) is 3.06. The molecule has 1 fully saturated rings. The number of pyridine rings is 1. The molecular formula is C12H16FNO. The maximum absolute atomic E-state index is 14.0. The Balaban J connectivity index is 2.31. The number of hydrogen-bond donors (Lipinski definition) is 0. The van der Waals surface area contributed by atoms with Gasteiger partial charge in [0.15, 0.2) is 5.82 Å². The van der Waals surface area contributed by atoms with Gasteiger partial charge in [-0.15, -0.1) is 0 Å². The highest BCUT2D eigenvalue weighted by atomic mass is 19.1. The third kappa shape index (κ3) is 2.28. The van der Waals surface area contributed by atoms with Crippen LogP contribution in [0.1, 0.15) is 39.2 Å². The molecule has 1 saturated carbocycles. The summed E-state index contributed by atoms with van der Waals surface area (Å²) in [5.41, 5.74) is 0.447. The largest absolute Gasteiger partial charge is 0.472 e. The van der Waals surface area contributed by atoms with E-state index in [9.17, 15) is 4.39 Å². The topological polar surface area (TPSA) is 22.1 Å². The van der Waals surface area contributed by atoms with Gasteiger partial charge in [-0.05, 0) is 24.3 Å². The van der Waals surface area contributed by atoms with Gasteiger partial charge < -0.3 is 4.74 Å². The van der Waals surface area contributed by atoms with Crippen LogP contribution >= 0.6 is 0 Å². The molecule has 82 valence electrons. The molecule has 15 heavy (non-hydrogen) atoms. The summed E-state index contributed by atoms with van der Waals surface area (Å²) in [6.07, 6.45) is 3.82. The zero-order valence-electron chi connectivity index (χ0n) is 9.38. The van der Waals surface area contributed by atoms with Crippen molar-refractivity contribution in [2.75, 3.05) is 0 Å². The van der Waals surface area contributed by atoms with Crippen molar-refractivity contribution in [3.05, 3.63) is 23.6 Å². The van der Waals surface area contributed by atoms with Gasteiger partial charge in [-0.1, -0.05) is 20.8 Å². The van der Waals surface area contributed by atoms with E-state index < -0.39 is 0 Å². The van der Waals surface area contributed by atoms with Crippen molar-refractivity contribution in [3.63, 3.8) is 0 Å². The normalized spacial score (nSPS) is 16.5. The van der Waals surface area contributed by atoms with Crippen LogP contribution < -0.4 is 4.74 Å². The van der Waals surface area contributed by atoms with Crippen molar-refractivity contribution in [2.24, 2.45) is 0 Å². The molecule has 1 aliphatic rings. The van der Waals surface area contributed by atoms with Gasteiger partial charge in [0.2, 0.25) is 0 Å². The zero-order chi connectivity index (χ0) is 11.1. The molecule has 0 saturated heterocycles. The second kappa shape index (κ2) is 3.47. The molecule has 3 heteroatoms. The lowest BCUT2D eigenvalue weighted by molar-refractivity contribution is 0.271. The number of halogens is 1. The molecule has 1 aromatic rings. The van der Waals surface area contributed by atoms with Gasteiger partial charge in [-0.3, -0.25) is 0 Å². The average Bonchev–Trinajstić information content (AvgIpc) is 2.90. The van der Waals surface area contributed by atoms with E-state index in [0.29, 0.717) is 5.56 Å². The molecule has 0 aromatic carbocycles. The first-order valence-electron chi connectivity index (χ1n) is 5.30. The van der Waals surface area contributed by atoms with Gasteiger partial charge in [-0.2, -0.15) is 0 Å². The molecule has 0 unspecified atom stereocenters. The molecule has 0 radical (unpaired) electrons. The average molecular weight is 209 g/mol. The van der Waals surface area contributed by atoms with Gasteiger partial charge in [0.1, 0.15) is 6.10 Å². The summed E-state index contributed by atoms with van der Waals surface area (Å²) in [5.74, 6) is -0.151. The highest BCUT2D eigenvalue weighted by molar-refractivity contribution is 5.29. The van der Waals surface area contributed by atoms with Crippen molar-refractivity contribution < 1.29 is 9.13 Å². The number of rotatable bonds is 2. The van der Waals surface area contributed by atoms with E-state index in [1.807, 2.05) is 20.8 Å². The summed E-state index contributed by atoms with van der Waals surface area (Å²) in [6.45, 7) is 5.94. The Hall–Kier alpha value is -1.12. The minimum Gasteiger partial charge on any atom is -0.472 e. The predicted molar refractivity (Wildman–Crippen MR) is 56.5 cm³/mol. The molecule has 2 nitrogen and oxygen atoms in total. The van der Waals surface area contributed by atoms with Gasteiger partial charge in [-0.25, -0.2) is 9.37 Å². The summed E-state index contributed by atoms with van der Waals surface area (Å²) in [6, 6.07) is 1.72. The van der Waals surface area contributed by atoms with Crippen LogP contribution in [-0.2, 0) is 5.41 Å². The van der Waals surface area contributed by atoms with E-state index in [4.69, 9.17) is 4.74 Å². The SMILES string of the molecule is CC(C)(C)c1ccnc(OC2CC2)c1F. The first-order valence-corrected chi connectivity index (χ1v) is 5.30. The fourth-order valence-corrected chi connectivity index (χ4v) is 1.43.